The first-order valence-corrected chi connectivity index (χ1v) is 8.39. The van der Waals surface area contributed by atoms with E-state index in [1.807, 2.05) is 24.3 Å². The Hall–Kier alpha value is -4.14. The molecule has 0 saturated carbocycles. The highest BCUT2D eigenvalue weighted by Gasteiger charge is 2.08. The van der Waals surface area contributed by atoms with Crippen LogP contribution >= 0.6 is 0 Å². The predicted octanol–water partition coefficient (Wildman–Crippen LogP) is 2.88. The van der Waals surface area contributed by atoms with E-state index in [0.29, 0.717) is 16.9 Å². The Kier molecular flexibility index (Phi) is 4.47. The zero-order chi connectivity index (χ0) is 19.5. The molecule has 0 spiro atoms. The summed E-state index contributed by atoms with van der Waals surface area (Å²) in [6.07, 6.45) is 1.66. The zero-order valence-corrected chi connectivity index (χ0v) is 14.5. The van der Waals surface area contributed by atoms with Crippen molar-refractivity contribution in [2.24, 2.45) is 0 Å². The minimum Gasteiger partial charge on any atom is -0.326 e. The molecule has 9 heteroatoms. The van der Waals surface area contributed by atoms with E-state index in [9.17, 15) is 14.9 Å². The summed E-state index contributed by atoms with van der Waals surface area (Å²) in [7, 11) is 0. The summed E-state index contributed by atoms with van der Waals surface area (Å²) in [5.74, 6) is -0.203. The molecule has 0 aliphatic rings. The lowest BCUT2D eigenvalue weighted by Crippen LogP contribution is -2.14. The summed E-state index contributed by atoms with van der Waals surface area (Å²) in [5.41, 5.74) is 3.67. The smallest absolute Gasteiger partial charge is 0.269 e. The van der Waals surface area contributed by atoms with Crippen LogP contribution in [-0.4, -0.2) is 30.6 Å². The van der Waals surface area contributed by atoms with Crippen LogP contribution in [0.4, 0.5) is 11.4 Å². The van der Waals surface area contributed by atoms with Crippen molar-refractivity contribution in [3.05, 3.63) is 82.7 Å². The molecule has 0 radical (unpaired) electrons. The number of rotatable bonds is 5. The van der Waals surface area contributed by atoms with E-state index >= 15 is 0 Å². The van der Waals surface area contributed by atoms with Gasteiger partial charge < -0.3 is 5.32 Å². The van der Waals surface area contributed by atoms with Crippen molar-refractivity contribution in [1.29, 1.82) is 0 Å². The van der Waals surface area contributed by atoms with Gasteiger partial charge in [-0.05, 0) is 29.8 Å². The molecule has 28 heavy (non-hydrogen) atoms. The van der Waals surface area contributed by atoms with Gasteiger partial charge >= 0.3 is 0 Å². The molecule has 4 aromatic rings. The number of carbonyl (C=O) groups excluding carboxylic acids is 1. The monoisotopic (exact) mass is 374 g/mol. The molecule has 0 aliphatic carbocycles. The Morgan fingerprint density at radius 1 is 1.04 bits per heavy atom. The van der Waals surface area contributed by atoms with Gasteiger partial charge in [-0.15, -0.1) is 10.2 Å². The predicted molar refractivity (Wildman–Crippen MR) is 102 cm³/mol. The normalized spacial score (nSPS) is 10.7. The Morgan fingerprint density at radius 2 is 1.79 bits per heavy atom. The number of carbonyl (C=O) groups is 1. The number of nitro benzene ring substituents is 1. The van der Waals surface area contributed by atoms with Crippen LogP contribution in [0.3, 0.4) is 0 Å². The van der Waals surface area contributed by atoms with Gasteiger partial charge in [-0.25, -0.2) is 0 Å². The number of nitro groups is 1. The molecular formula is C19H14N6O3. The highest BCUT2D eigenvalue weighted by molar-refractivity contribution is 5.92. The number of aromatic nitrogens is 4. The van der Waals surface area contributed by atoms with Gasteiger partial charge in [0.15, 0.2) is 5.65 Å². The minimum atomic E-state index is -0.471. The van der Waals surface area contributed by atoms with Gasteiger partial charge in [0.2, 0.25) is 5.91 Å². The average molecular weight is 374 g/mol. The maximum atomic E-state index is 12.2. The quantitative estimate of drug-likeness (QED) is 0.424. The second kappa shape index (κ2) is 7.23. The van der Waals surface area contributed by atoms with Crippen LogP contribution in [-0.2, 0) is 11.2 Å². The molecule has 1 amide bonds. The molecule has 0 saturated heterocycles. The molecule has 1 N–H and O–H groups in total. The van der Waals surface area contributed by atoms with Crippen LogP contribution in [0.15, 0.2) is 67.0 Å². The van der Waals surface area contributed by atoms with Gasteiger partial charge in [0, 0.05) is 23.4 Å². The van der Waals surface area contributed by atoms with Crippen LogP contribution in [0.2, 0.25) is 0 Å². The first-order valence-electron chi connectivity index (χ1n) is 8.39. The van der Waals surface area contributed by atoms with Crippen molar-refractivity contribution in [3.8, 4) is 11.3 Å². The third-order valence-corrected chi connectivity index (χ3v) is 4.14. The summed E-state index contributed by atoms with van der Waals surface area (Å²) in [4.78, 5) is 22.4. The van der Waals surface area contributed by atoms with E-state index in [4.69, 9.17) is 0 Å². The molecule has 4 rings (SSSR count). The van der Waals surface area contributed by atoms with Gasteiger partial charge in [-0.3, -0.25) is 14.9 Å². The lowest BCUT2D eigenvalue weighted by molar-refractivity contribution is -0.384. The zero-order valence-electron chi connectivity index (χ0n) is 14.5. The molecule has 0 unspecified atom stereocenters. The molecule has 2 aromatic heterocycles. The topological polar surface area (TPSA) is 115 Å². The number of nitrogens with zero attached hydrogens (tertiary/aromatic N) is 5. The lowest BCUT2D eigenvalue weighted by Gasteiger charge is -2.07. The van der Waals surface area contributed by atoms with Crippen molar-refractivity contribution >= 4 is 22.9 Å². The number of hydrogen-bond acceptors (Lipinski definition) is 6. The van der Waals surface area contributed by atoms with E-state index in [-0.39, 0.29) is 18.0 Å². The maximum absolute atomic E-state index is 12.2. The maximum Gasteiger partial charge on any atom is 0.269 e. The second-order valence-electron chi connectivity index (χ2n) is 6.08. The fourth-order valence-electron chi connectivity index (χ4n) is 2.73. The summed E-state index contributed by atoms with van der Waals surface area (Å²) >= 11 is 0. The summed E-state index contributed by atoms with van der Waals surface area (Å²) in [6.45, 7) is 0. The molecule has 0 aliphatic heterocycles. The van der Waals surface area contributed by atoms with E-state index < -0.39 is 4.92 Å². The number of hydrogen-bond donors (Lipinski definition) is 1. The highest BCUT2D eigenvalue weighted by atomic mass is 16.6. The van der Waals surface area contributed by atoms with Gasteiger partial charge in [0.25, 0.3) is 5.69 Å². The third kappa shape index (κ3) is 3.68. The SMILES string of the molecule is O=C(Cc1ccc([N+](=O)[O-])cc1)Nc1ccc(-c2ccc3nncn3n2)cc1. The Balaban J connectivity index is 1.42. The van der Waals surface area contributed by atoms with Crippen LogP contribution in [0.25, 0.3) is 16.9 Å². The van der Waals surface area contributed by atoms with Crippen LogP contribution in [0.1, 0.15) is 5.56 Å². The minimum absolute atomic E-state index is 0.00183. The molecule has 138 valence electrons. The van der Waals surface area contributed by atoms with E-state index in [1.165, 1.54) is 18.5 Å². The molecule has 2 aromatic carbocycles. The molecule has 9 nitrogen and oxygen atoms in total. The Labute approximate surface area is 158 Å². The number of non-ortho nitro benzene ring substituents is 1. The standard InChI is InChI=1S/C19H14N6O3/c26-19(11-13-1-7-16(8-2-13)25(27)28)21-15-5-3-14(4-6-15)17-9-10-18-22-20-12-24(18)23-17/h1-10,12H,11H2,(H,21,26). The lowest BCUT2D eigenvalue weighted by atomic mass is 10.1. The number of fused-ring (bicyclic) bond motifs is 1. The van der Waals surface area contributed by atoms with Crippen molar-refractivity contribution in [2.75, 3.05) is 5.32 Å². The first kappa shape index (κ1) is 17.3. The highest BCUT2D eigenvalue weighted by Crippen LogP contribution is 2.20. The van der Waals surface area contributed by atoms with Crippen molar-refractivity contribution in [2.45, 2.75) is 6.42 Å². The van der Waals surface area contributed by atoms with Crippen molar-refractivity contribution in [3.63, 3.8) is 0 Å². The van der Waals surface area contributed by atoms with Gasteiger partial charge in [0.1, 0.15) is 6.33 Å². The molecule has 0 bridgehead atoms. The van der Waals surface area contributed by atoms with Crippen LogP contribution < -0.4 is 5.32 Å². The third-order valence-electron chi connectivity index (χ3n) is 4.14. The summed E-state index contributed by atoms with van der Waals surface area (Å²) in [5, 5.41) is 25.6. The Bertz CT molecular complexity index is 1150. The van der Waals surface area contributed by atoms with Gasteiger partial charge in [-0.1, -0.05) is 24.3 Å². The van der Waals surface area contributed by atoms with Crippen LogP contribution in [0.5, 0.6) is 0 Å². The van der Waals surface area contributed by atoms with Crippen molar-refractivity contribution < 1.29 is 9.72 Å². The van der Waals surface area contributed by atoms with E-state index in [0.717, 1.165) is 11.3 Å². The number of nitrogens with one attached hydrogen (secondary N) is 1. The summed E-state index contributed by atoms with van der Waals surface area (Å²) in [6, 6.07) is 16.9. The molecule has 2 heterocycles. The second-order valence-corrected chi connectivity index (χ2v) is 6.08. The number of anilines is 1. The molecule has 0 atom stereocenters. The van der Waals surface area contributed by atoms with Gasteiger partial charge in [-0.2, -0.15) is 9.61 Å². The molecular weight excluding hydrogens is 360 g/mol. The average Bonchev–Trinajstić information content (AvgIpc) is 3.17. The molecule has 0 fully saturated rings. The first-order chi connectivity index (χ1) is 13.6. The van der Waals surface area contributed by atoms with Crippen molar-refractivity contribution in [1.82, 2.24) is 19.8 Å². The van der Waals surface area contributed by atoms with E-state index in [2.05, 4.69) is 20.6 Å². The number of benzene rings is 2. The fraction of sp³-hybridized carbons (Fsp3) is 0.0526. The Morgan fingerprint density at radius 3 is 2.50 bits per heavy atom. The number of amides is 1. The van der Waals surface area contributed by atoms with E-state index in [1.54, 1.807) is 28.8 Å². The van der Waals surface area contributed by atoms with Gasteiger partial charge in [0.05, 0.1) is 17.0 Å². The van der Waals surface area contributed by atoms with Crippen LogP contribution in [0, 0.1) is 10.1 Å². The fourth-order valence-corrected chi connectivity index (χ4v) is 2.73. The largest absolute Gasteiger partial charge is 0.326 e. The summed E-state index contributed by atoms with van der Waals surface area (Å²) < 4.78 is 1.59.